The fourth-order valence-electron chi connectivity index (χ4n) is 4.06. The normalized spacial score (nSPS) is 14.9. The summed E-state index contributed by atoms with van der Waals surface area (Å²) in [6, 6.07) is 12.3. The number of quaternary nitrogens is 1. The highest BCUT2D eigenvalue weighted by Crippen LogP contribution is 2.32. The summed E-state index contributed by atoms with van der Waals surface area (Å²) in [6.07, 6.45) is 0.934. The van der Waals surface area contributed by atoms with E-state index in [1.54, 1.807) is 11.3 Å². The number of benzene rings is 2. The Balaban J connectivity index is 1.68. The molecule has 1 aromatic heterocycles. The maximum Gasteiger partial charge on any atom is 0.260 e. The van der Waals surface area contributed by atoms with Crippen molar-refractivity contribution in [1.82, 2.24) is 4.98 Å². The first-order valence-electron chi connectivity index (χ1n) is 10.8. The summed E-state index contributed by atoms with van der Waals surface area (Å²) < 4.78 is 6.63. The minimum atomic E-state index is 0.0391. The lowest BCUT2D eigenvalue weighted by atomic mass is 10.0. The van der Waals surface area contributed by atoms with Crippen molar-refractivity contribution >= 4 is 32.6 Å². The highest BCUT2D eigenvalue weighted by Gasteiger charge is 2.25. The SMILES string of the molecule is CCc1cccc2sc(N(CC[NH+]3CCOCC3)C(=O)c3ccc(C)cc3C)nc12. The van der Waals surface area contributed by atoms with Gasteiger partial charge in [0.1, 0.15) is 13.1 Å². The summed E-state index contributed by atoms with van der Waals surface area (Å²) in [5.74, 6) is 0.0391. The van der Waals surface area contributed by atoms with Gasteiger partial charge in [0.2, 0.25) is 0 Å². The summed E-state index contributed by atoms with van der Waals surface area (Å²) in [6.45, 7) is 11.3. The molecule has 1 N–H and O–H groups in total. The average molecular weight is 425 g/mol. The van der Waals surface area contributed by atoms with Gasteiger partial charge in [-0.2, -0.15) is 0 Å². The Hall–Kier alpha value is -2.28. The first kappa shape index (κ1) is 21.0. The van der Waals surface area contributed by atoms with Crippen LogP contribution in [0.3, 0.4) is 0 Å². The van der Waals surface area contributed by atoms with Gasteiger partial charge >= 0.3 is 0 Å². The quantitative estimate of drug-likeness (QED) is 0.662. The standard InChI is InChI=1S/C24H29N3O2S/c1-4-19-6-5-7-21-22(19)25-24(30-21)27(11-10-26-12-14-29-15-13-26)23(28)20-9-8-17(2)16-18(20)3/h5-9,16H,4,10-15H2,1-3H3/p+1. The maximum absolute atomic E-state index is 13.6. The number of ether oxygens (including phenoxy) is 1. The van der Waals surface area contributed by atoms with Crippen molar-refractivity contribution < 1.29 is 14.4 Å². The van der Waals surface area contributed by atoms with Crippen LogP contribution in [0.4, 0.5) is 5.13 Å². The second-order valence-corrected chi connectivity index (χ2v) is 9.01. The van der Waals surface area contributed by atoms with Crippen LogP contribution in [0.15, 0.2) is 36.4 Å². The first-order chi connectivity index (χ1) is 14.6. The van der Waals surface area contributed by atoms with Gasteiger partial charge in [-0.05, 0) is 43.5 Å². The number of thiazole rings is 1. The molecular formula is C24H30N3O2S+. The fourth-order valence-corrected chi connectivity index (χ4v) is 5.10. The minimum Gasteiger partial charge on any atom is -0.370 e. The highest BCUT2D eigenvalue weighted by molar-refractivity contribution is 7.22. The smallest absolute Gasteiger partial charge is 0.260 e. The van der Waals surface area contributed by atoms with Crippen molar-refractivity contribution in [2.24, 2.45) is 0 Å². The molecule has 158 valence electrons. The minimum absolute atomic E-state index is 0.0391. The van der Waals surface area contributed by atoms with Crippen molar-refractivity contribution in [1.29, 1.82) is 0 Å². The van der Waals surface area contributed by atoms with E-state index in [1.165, 1.54) is 16.0 Å². The molecule has 0 radical (unpaired) electrons. The Morgan fingerprint density at radius 3 is 2.73 bits per heavy atom. The molecule has 1 fully saturated rings. The number of rotatable bonds is 6. The van der Waals surface area contributed by atoms with Gasteiger partial charge in [-0.3, -0.25) is 9.69 Å². The van der Waals surface area contributed by atoms with Crippen LogP contribution in [0.2, 0.25) is 0 Å². The molecule has 1 aliphatic rings. The fraction of sp³-hybridized carbons (Fsp3) is 0.417. The average Bonchev–Trinajstić information content (AvgIpc) is 3.18. The number of carbonyl (C=O) groups is 1. The molecule has 3 aromatic rings. The second-order valence-electron chi connectivity index (χ2n) is 8.00. The zero-order valence-corrected chi connectivity index (χ0v) is 18.8. The number of anilines is 1. The predicted octanol–water partition coefficient (Wildman–Crippen LogP) is 3.04. The van der Waals surface area contributed by atoms with E-state index in [9.17, 15) is 4.79 Å². The van der Waals surface area contributed by atoms with Crippen molar-refractivity contribution in [3.8, 4) is 0 Å². The Labute approximate surface area is 182 Å². The van der Waals surface area contributed by atoms with Gasteiger partial charge in [0.15, 0.2) is 5.13 Å². The third kappa shape index (κ3) is 4.41. The first-order valence-corrected chi connectivity index (χ1v) is 11.6. The predicted molar refractivity (Wildman–Crippen MR) is 123 cm³/mol. The molecule has 30 heavy (non-hydrogen) atoms. The van der Waals surface area contributed by atoms with Gasteiger partial charge in [-0.25, -0.2) is 4.98 Å². The van der Waals surface area contributed by atoms with E-state index < -0.39 is 0 Å². The molecule has 1 saturated heterocycles. The zero-order chi connectivity index (χ0) is 21.1. The second kappa shape index (κ2) is 9.25. The van der Waals surface area contributed by atoms with Crippen LogP contribution >= 0.6 is 11.3 Å². The largest absolute Gasteiger partial charge is 0.370 e. The van der Waals surface area contributed by atoms with Crippen LogP contribution in [-0.2, 0) is 11.2 Å². The van der Waals surface area contributed by atoms with E-state index >= 15 is 0 Å². The van der Waals surface area contributed by atoms with E-state index in [-0.39, 0.29) is 5.91 Å². The van der Waals surface area contributed by atoms with E-state index in [4.69, 9.17) is 9.72 Å². The molecule has 0 atom stereocenters. The van der Waals surface area contributed by atoms with Gasteiger partial charge in [-0.1, -0.05) is 48.1 Å². The molecule has 4 rings (SSSR count). The van der Waals surface area contributed by atoms with E-state index in [2.05, 4.69) is 38.1 Å². The summed E-state index contributed by atoms with van der Waals surface area (Å²) in [5.41, 5.74) is 5.19. The summed E-state index contributed by atoms with van der Waals surface area (Å²) >= 11 is 1.61. The number of aromatic nitrogens is 1. The lowest BCUT2D eigenvalue weighted by Crippen LogP contribution is -3.14. The third-order valence-electron chi connectivity index (χ3n) is 5.85. The van der Waals surface area contributed by atoms with Gasteiger partial charge in [0.05, 0.1) is 36.5 Å². The number of fused-ring (bicyclic) bond motifs is 1. The Kier molecular flexibility index (Phi) is 6.46. The topological polar surface area (TPSA) is 46.9 Å². The van der Waals surface area contributed by atoms with Gasteiger partial charge in [-0.15, -0.1) is 0 Å². The van der Waals surface area contributed by atoms with Crippen LogP contribution in [0.1, 0.15) is 34.0 Å². The van der Waals surface area contributed by atoms with Crippen LogP contribution < -0.4 is 9.80 Å². The maximum atomic E-state index is 13.6. The third-order valence-corrected chi connectivity index (χ3v) is 6.89. The molecule has 0 aliphatic carbocycles. The number of morpholine rings is 1. The molecule has 2 aromatic carbocycles. The molecule has 2 heterocycles. The van der Waals surface area contributed by atoms with Crippen molar-refractivity contribution in [2.45, 2.75) is 27.2 Å². The monoisotopic (exact) mass is 424 g/mol. The Morgan fingerprint density at radius 1 is 1.20 bits per heavy atom. The molecule has 5 nitrogen and oxygen atoms in total. The lowest BCUT2D eigenvalue weighted by Gasteiger charge is -2.27. The van der Waals surface area contributed by atoms with E-state index in [0.29, 0.717) is 6.54 Å². The number of hydrogen-bond donors (Lipinski definition) is 1. The molecule has 0 bridgehead atoms. The number of carbonyl (C=O) groups excluding carboxylic acids is 1. The summed E-state index contributed by atoms with van der Waals surface area (Å²) in [7, 11) is 0. The van der Waals surface area contributed by atoms with Crippen LogP contribution in [-0.4, -0.2) is 50.3 Å². The van der Waals surface area contributed by atoms with Crippen LogP contribution in [0.25, 0.3) is 10.2 Å². The molecule has 1 amide bonds. The number of nitrogens with zero attached hydrogens (tertiary/aromatic N) is 2. The number of amides is 1. The molecule has 0 unspecified atom stereocenters. The number of nitrogens with one attached hydrogen (secondary N) is 1. The molecule has 0 saturated carbocycles. The molecule has 6 heteroatoms. The Morgan fingerprint density at radius 2 is 2.00 bits per heavy atom. The Bertz CT molecular complexity index is 1040. The van der Waals surface area contributed by atoms with Gasteiger partial charge in [0, 0.05) is 5.56 Å². The van der Waals surface area contributed by atoms with E-state index in [1.807, 2.05) is 24.0 Å². The number of hydrogen-bond acceptors (Lipinski definition) is 4. The van der Waals surface area contributed by atoms with Crippen molar-refractivity contribution in [3.63, 3.8) is 0 Å². The number of aryl methyl sites for hydroxylation is 3. The van der Waals surface area contributed by atoms with Crippen molar-refractivity contribution in [2.75, 3.05) is 44.3 Å². The molecule has 0 spiro atoms. The van der Waals surface area contributed by atoms with Gasteiger partial charge in [0.25, 0.3) is 5.91 Å². The van der Waals surface area contributed by atoms with Crippen LogP contribution in [0, 0.1) is 13.8 Å². The van der Waals surface area contributed by atoms with Crippen molar-refractivity contribution in [3.05, 3.63) is 58.7 Å². The van der Waals surface area contributed by atoms with Crippen LogP contribution in [0.5, 0.6) is 0 Å². The lowest BCUT2D eigenvalue weighted by molar-refractivity contribution is -0.906. The molecule has 1 aliphatic heterocycles. The summed E-state index contributed by atoms with van der Waals surface area (Å²) in [4.78, 5) is 21.9. The highest BCUT2D eigenvalue weighted by atomic mass is 32.1. The zero-order valence-electron chi connectivity index (χ0n) is 18.0. The van der Waals surface area contributed by atoms with E-state index in [0.717, 1.165) is 65.7 Å². The molecular weight excluding hydrogens is 394 g/mol. The van der Waals surface area contributed by atoms with Gasteiger partial charge < -0.3 is 9.64 Å². The number of para-hydroxylation sites is 1. The summed E-state index contributed by atoms with van der Waals surface area (Å²) in [5, 5.41) is 0.795.